The molecule has 14 nitrogen and oxygen atoms in total. The second-order valence-corrected chi connectivity index (χ2v) is 10.3. The number of fused-ring (bicyclic) bond motifs is 1. The van der Waals surface area contributed by atoms with Crippen molar-refractivity contribution >= 4 is 40.5 Å². The van der Waals surface area contributed by atoms with Crippen molar-refractivity contribution in [2.24, 2.45) is 5.92 Å². The molecular weight excluding hydrogens is 562 g/mol. The van der Waals surface area contributed by atoms with Crippen molar-refractivity contribution in [3.63, 3.8) is 0 Å². The van der Waals surface area contributed by atoms with Gasteiger partial charge in [0, 0.05) is 32.0 Å². The molecule has 2 saturated heterocycles. The number of rotatable bonds is 10. The van der Waals surface area contributed by atoms with Crippen molar-refractivity contribution in [3.8, 4) is 12.3 Å². The quantitative estimate of drug-likeness (QED) is 0.118. The van der Waals surface area contributed by atoms with Crippen LogP contribution in [0.3, 0.4) is 0 Å². The Balaban J connectivity index is 1.44. The normalized spacial score (nSPS) is 24.8. The molecule has 5 rings (SSSR count). The molecule has 0 amide bonds. The van der Waals surface area contributed by atoms with Crippen LogP contribution in [-0.2, 0) is 25.5 Å². The first-order valence-electron chi connectivity index (χ1n) is 12.5. The molecule has 15 heteroatoms. The second-order valence-electron chi connectivity index (χ2n) is 9.93. The highest BCUT2D eigenvalue weighted by Gasteiger charge is 2.58. The van der Waals surface area contributed by atoms with Crippen LogP contribution in [0.1, 0.15) is 11.8 Å². The predicted octanol–water partition coefficient (Wildman–Crippen LogP) is -0.302. The summed E-state index contributed by atoms with van der Waals surface area (Å²) in [5, 5.41) is 51.3. The van der Waals surface area contributed by atoms with Crippen LogP contribution in [0.4, 0.5) is 5.82 Å². The molecule has 1 unspecified atom stereocenters. The predicted molar refractivity (Wildman–Crippen MR) is 141 cm³/mol. The van der Waals surface area contributed by atoms with Gasteiger partial charge in [-0.05, 0) is 17.2 Å². The molecule has 0 aliphatic carbocycles. The summed E-state index contributed by atoms with van der Waals surface area (Å²) in [5.74, 6) is -1.01. The van der Waals surface area contributed by atoms with Gasteiger partial charge < -0.3 is 39.9 Å². The highest BCUT2D eigenvalue weighted by Crippen LogP contribution is 2.40. The van der Waals surface area contributed by atoms with Crippen LogP contribution in [-0.4, -0.2) is 107 Å². The van der Waals surface area contributed by atoms with Gasteiger partial charge in [-0.2, -0.15) is 9.97 Å². The van der Waals surface area contributed by atoms with Gasteiger partial charge in [0.2, 0.25) is 5.28 Å². The maximum Gasteiger partial charge on any atom is 0.348 e. The Morgan fingerprint density at radius 3 is 2.51 bits per heavy atom. The second kappa shape index (κ2) is 10.9. The Labute approximate surface area is 237 Å². The summed E-state index contributed by atoms with van der Waals surface area (Å²) in [6.45, 7) is 0.244. The van der Waals surface area contributed by atoms with Crippen molar-refractivity contribution < 1.29 is 44.6 Å². The van der Waals surface area contributed by atoms with Gasteiger partial charge in [0.05, 0.1) is 12.9 Å². The number of carboxylic acid groups (broad SMARTS) is 2. The molecule has 2 aromatic heterocycles. The van der Waals surface area contributed by atoms with Crippen LogP contribution >= 0.6 is 11.6 Å². The van der Waals surface area contributed by atoms with Crippen LogP contribution in [0.5, 0.6) is 0 Å². The number of hydrogen-bond acceptors (Lipinski definition) is 11. The number of imidazole rings is 1. The number of carboxylic acids is 2. The lowest BCUT2D eigenvalue weighted by Crippen LogP contribution is -2.55. The summed E-state index contributed by atoms with van der Waals surface area (Å²) in [4.78, 5) is 39.0. The average Bonchev–Trinajstić information content (AvgIpc) is 3.44. The molecule has 2 aliphatic heterocycles. The molecule has 2 aliphatic rings. The van der Waals surface area contributed by atoms with Crippen LogP contribution in [0, 0.1) is 18.3 Å². The van der Waals surface area contributed by atoms with E-state index in [1.807, 2.05) is 4.90 Å². The number of benzene rings is 1. The highest BCUT2D eigenvalue weighted by molar-refractivity contribution is 6.28. The van der Waals surface area contributed by atoms with Crippen LogP contribution in [0.2, 0.25) is 5.28 Å². The SMILES string of the molecule is C#C[C@@]1(O)[C@@H](COC(Cc2ccccc2)(C(=O)O)C(=O)O)OC(n2cnc3c(N4CC(CO)C4)nc(Cl)nc32)[C@@H]1O. The van der Waals surface area contributed by atoms with Gasteiger partial charge in [-0.1, -0.05) is 36.3 Å². The summed E-state index contributed by atoms with van der Waals surface area (Å²) < 4.78 is 12.6. The van der Waals surface area contributed by atoms with E-state index in [0.29, 0.717) is 30.0 Å². The molecule has 2 fully saturated rings. The number of ether oxygens (including phenoxy) is 2. The van der Waals surface area contributed by atoms with Crippen LogP contribution in [0.25, 0.3) is 11.2 Å². The van der Waals surface area contributed by atoms with Crippen molar-refractivity contribution in [3.05, 3.63) is 47.5 Å². The number of aromatic nitrogens is 4. The number of aliphatic carboxylic acids is 2. The molecule has 41 heavy (non-hydrogen) atoms. The number of terminal acetylenes is 1. The minimum Gasteiger partial charge on any atom is -0.479 e. The Morgan fingerprint density at radius 2 is 1.90 bits per heavy atom. The van der Waals surface area contributed by atoms with E-state index in [-0.39, 0.29) is 23.5 Å². The van der Waals surface area contributed by atoms with Gasteiger partial charge in [0.1, 0.15) is 12.2 Å². The lowest BCUT2D eigenvalue weighted by molar-refractivity contribution is -0.191. The molecular formula is C26H26ClN5O9. The Bertz CT molecular complexity index is 1490. The fraction of sp³-hybridized carbons (Fsp3) is 0.423. The Kier molecular flexibility index (Phi) is 7.60. The first-order valence-corrected chi connectivity index (χ1v) is 12.9. The Morgan fingerprint density at radius 1 is 1.22 bits per heavy atom. The fourth-order valence-electron chi connectivity index (χ4n) is 4.98. The summed E-state index contributed by atoms with van der Waals surface area (Å²) in [7, 11) is 0. The number of hydrogen-bond donors (Lipinski definition) is 5. The molecule has 4 atom stereocenters. The minimum atomic E-state index is -2.75. The maximum absolute atomic E-state index is 12.2. The fourth-order valence-corrected chi connectivity index (χ4v) is 5.14. The van der Waals surface area contributed by atoms with Crippen LogP contribution < -0.4 is 4.90 Å². The van der Waals surface area contributed by atoms with E-state index >= 15 is 0 Å². The monoisotopic (exact) mass is 587 g/mol. The molecule has 1 aromatic carbocycles. The minimum absolute atomic E-state index is 0.0134. The number of nitrogens with zero attached hydrogens (tertiary/aromatic N) is 5. The summed E-state index contributed by atoms with van der Waals surface area (Å²) in [5.41, 5.74) is -4.33. The van der Waals surface area contributed by atoms with E-state index in [9.17, 15) is 35.1 Å². The zero-order valence-electron chi connectivity index (χ0n) is 21.4. The number of aliphatic hydroxyl groups is 3. The van der Waals surface area contributed by atoms with Gasteiger partial charge in [-0.3, -0.25) is 4.57 Å². The van der Waals surface area contributed by atoms with Gasteiger partial charge in [-0.25, -0.2) is 14.6 Å². The number of anilines is 1. The van der Waals surface area contributed by atoms with Crippen molar-refractivity contribution in [1.29, 1.82) is 0 Å². The van der Waals surface area contributed by atoms with Crippen molar-refractivity contribution in [1.82, 2.24) is 19.5 Å². The number of aliphatic hydroxyl groups excluding tert-OH is 2. The Hall–Kier alpha value is -3.84. The zero-order valence-corrected chi connectivity index (χ0v) is 22.1. The maximum atomic E-state index is 12.2. The third kappa shape index (κ3) is 4.86. The zero-order chi connectivity index (χ0) is 29.5. The summed E-state index contributed by atoms with van der Waals surface area (Å²) >= 11 is 6.17. The average molecular weight is 588 g/mol. The number of halogens is 1. The molecule has 0 bridgehead atoms. The largest absolute Gasteiger partial charge is 0.479 e. The van der Waals surface area contributed by atoms with E-state index in [2.05, 4.69) is 20.9 Å². The van der Waals surface area contributed by atoms with Crippen LogP contribution in [0.15, 0.2) is 36.7 Å². The third-order valence-electron chi connectivity index (χ3n) is 7.38. The lowest BCUT2D eigenvalue weighted by Gasteiger charge is -2.39. The molecule has 0 radical (unpaired) electrons. The molecule has 5 N–H and O–H groups in total. The third-order valence-corrected chi connectivity index (χ3v) is 7.55. The summed E-state index contributed by atoms with van der Waals surface area (Å²) in [6.07, 6.45) is 1.57. The van der Waals surface area contributed by atoms with Gasteiger partial charge in [-0.15, -0.1) is 6.42 Å². The first-order chi connectivity index (χ1) is 19.5. The standard InChI is InChI=1S/C26H26ClN5O9/c1-2-25(39)16(12-40-26(22(35)36,23(37)38)8-14-6-4-3-5-7-14)41-21(18(25)34)32-13-28-17-19(29-24(27)30-20(17)32)31-9-15(10-31)11-33/h1,3-7,13,15-16,18,21,33-34,39H,8-12H2,(H,35,36)(H,37,38)/t16-,18+,21?,25-/m1/s1. The van der Waals surface area contributed by atoms with Gasteiger partial charge in [0.25, 0.3) is 5.60 Å². The van der Waals surface area contributed by atoms with E-state index in [0.717, 1.165) is 0 Å². The van der Waals surface area contributed by atoms with E-state index < -0.39 is 54.6 Å². The highest BCUT2D eigenvalue weighted by atomic mass is 35.5. The van der Waals surface area contributed by atoms with E-state index in [4.69, 9.17) is 27.5 Å². The topological polar surface area (TPSA) is 201 Å². The molecule has 0 spiro atoms. The van der Waals surface area contributed by atoms with Gasteiger partial charge >= 0.3 is 11.9 Å². The van der Waals surface area contributed by atoms with Crippen molar-refractivity contribution in [2.45, 2.75) is 36.1 Å². The molecule has 216 valence electrons. The molecule has 0 saturated carbocycles. The first kappa shape index (κ1) is 28.7. The lowest BCUT2D eigenvalue weighted by atomic mass is 9.92. The molecule has 3 aromatic rings. The van der Waals surface area contributed by atoms with E-state index in [1.165, 1.54) is 10.9 Å². The van der Waals surface area contributed by atoms with E-state index in [1.54, 1.807) is 30.3 Å². The van der Waals surface area contributed by atoms with Gasteiger partial charge in [0.15, 0.2) is 28.8 Å². The number of carbonyl (C=O) groups is 2. The molecule has 4 heterocycles. The smallest absolute Gasteiger partial charge is 0.348 e. The summed E-state index contributed by atoms with van der Waals surface area (Å²) in [6, 6.07) is 8.01. The van der Waals surface area contributed by atoms with Crippen molar-refractivity contribution in [2.75, 3.05) is 31.2 Å².